The van der Waals surface area contributed by atoms with Crippen LogP contribution in [-0.2, 0) is 11.4 Å². The summed E-state index contributed by atoms with van der Waals surface area (Å²) in [6.45, 7) is 0. The molecular weight excluding hydrogens is 157 g/mol. The third-order valence-electron chi connectivity index (χ3n) is 0. The van der Waals surface area contributed by atoms with Crippen molar-refractivity contribution in [1.29, 1.82) is 0 Å². The van der Waals surface area contributed by atoms with Gasteiger partial charge in [-0.15, -0.1) is 0 Å². The van der Waals surface area contributed by atoms with Crippen LogP contribution in [0.15, 0.2) is 0 Å². The van der Waals surface area contributed by atoms with E-state index in [1.54, 1.807) is 0 Å². The first-order valence-corrected chi connectivity index (χ1v) is 5.73. The van der Waals surface area contributed by atoms with Crippen molar-refractivity contribution in [2.75, 3.05) is 0 Å². The van der Waals surface area contributed by atoms with E-state index in [1.807, 2.05) is 0 Å². The van der Waals surface area contributed by atoms with Crippen LogP contribution in [-0.4, -0.2) is 0 Å². The van der Waals surface area contributed by atoms with Gasteiger partial charge in [-0.3, -0.25) is 0 Å². The summed E-state index contributed by atoms with van der Waals surface area (Å²) in [6.07, 6.45) is 0. The second-order valence-electron chi connectivity index (χ2n) is 0.175. The Labute approximate surface area is 41.7 Å². The number of hydrogen-bond acceptors (Lipinski definition) is 0. The van der Waals surface area contributed by atoms with Crippen LogP contribution in [0.3, 0.4) is 0 Å². The normalized spacial score (nSPS) is 9.00. The molecule has 0 aromatic rings. The molecule has 0 fully saturated rings. The summed E-state index contributed by atoms with van der Waals surface area (Å²) in [5.74, 6) is 0. The van der Waals surface area contributed by atoms with E-state index in [9.17, 15) is 0 Å². The van der Waals surface area contributed by atoms with Gasteiger partial charge in [0.15, 0.2) is 0 Å². The molecule has 0 aliphatic rings. The van der Waals surface area contributed by atoms with Crippen LogP contribution in [0.5, 0.6) is 0 Å². The molecule has 0 spiro atoms. The quantitative estimate of drug-likeness (QED) is 0.505. The summed E-state index contributed by atoms with van der Waals surface area (Å²) < 4.78 is 0. The Morgan fingerprint density at radius 2 is 1.00 bits per heavy atom. The van der Waals surface area contributed by atoms with Gasteiger partial charge in [-0.25, -0.2) is 0 Å². The van der Waals surface area contributed by atoms with E-state index in [2.05, 4.69) is 0 Å². The maximum atomic E-state index is 4.93. The molecule has 0 aliphatic carbocycles. The fourth-order valence-corrected chi connectivity index (χ4v) is 0. The molecule has 0 atom stereocenters. The molecule has 0 N–H and O–H groups in total. The van der Waals surface area contributed by atoms with Crippen LogP contribution in [0, 0.1) is 0 Å². The molecule has 0 aromatic carbocycles. The molecule has 0 amide bonds. The minimum atomic E-state index is -1.62. The number of halogens is 3. The zero-order valence-electron chi connectivity index (χ0n) is 1.54. The first-order valence-electron chi connectivity index (χ1n) is 0.463. The second-order valence-corrected chi connectivity index (χ2v) is 6.49. The summed E-state index contributed by atoms with van der Waals surface area (Å²) in [5.41, 5.74) is 0. The molecule has 4 heavy (non-hydrogen) atoms. The summed E-state index contributed by atoms with van der Waals surface area (Å²) in [5, 5.41) is 0. The van der Waals surface area contributed by atoms with Gasteiger partial charge in [-0.2, -0.15) is 0 Å². The van der Waals surface area contributed by atoms with Gasteiger partial charge in [-0.1, -0.05) is 0 Å². The fraction of sp³-hybridized carbons (Fsp3) is 0. The number of rotatable bonds is 0. The molecule has 0 radical (unpaired) electrons. The van der Waals surface area contributed by atoms with Crippen molar-refractivity contribution in [3.63, 3.8) is 0 Å². The van der Waals surface area contributed by atoms with Gasteiger partial charge >= 0.3 is 41.5 Å². The predicted molar refractivity (Wildman–Crippen MR) is 17.6 cm³/mol. The molecule has 4 heteroatoms. The van der Waals surface area contributed by atoms with Gasteiger partial charge in [0, 0.05) is 0 Å². The second kappa shape index (κ2) is 2.63. The van der Waals surface area contributed by atoms with Crippen molar-refractivity contribution in [3.05, 3.63) is 0 Å². The predicted octanol–water partition coefficient (Wildman–Crippen LogP) is 2.07. The van der Waals surface area contributed by atoms with E-state index in [0.29, 0.717) is 0 Å². The summed E-state index contributed by atoms with van der Waals surface area (Å²) in [6, 6.07) is 0. The van der Waals surface area contributed by atoms with Gasteiger partial charge in [0.1, 0.15) is 0 Å². The van der Waals surface area contributed by atoms with Crippen LogP contribution >= 0.6 is 30.1 Å². The van der Waals surface area contributed by atoms with E-state index in [-0.39, 0.29) is 0 Å². The molecule has 0 saturated heterocycles. The standard InChI is InChI=1S/3ClH.Cr/h3*1H;/q;;;+3/p-3/i;;;1-1. The molecule has 0 rings (SSSR count). The van der Waals surface area contributed by atoms with Gasteiger partial charge in [0.25, 0.3) is 0 Å². The van der Waals surface area contributed by atoms with Crippen molar-refractivity contribution >= 4 is 30.1 Å². The van der Waals surface area contributed by atoms with E-state index < -0.39 is 11.4 Å². The van der Waals surface area contributed by atoms with Crippen molar-refractivity contribution in [2.45, 2.75) is 0 Å². The van der Waals surface area contributed by atoms with Gasteiger partial charge in [0.2, 0.25) is 0 Å². The van der Waals surface area contributed by atoms with Gasteiger partial charge in [-0.05, 0) is 0 Å². The molecule has 0 bridgehead atoms. The number of hydrogen-bond donors (Lipinski definition) is 0. The van der Waals surface area contributed by atoms with E-state index in [0.717, 1.165) is 0 Å². The van der Waals surface area contributed by atoms with E-state index in [4.69, 9.17) is 30.1 Å². The molecule has 0 aliphatic heterocycles. The molecule has 0 saturated carbocycles. The SMILES string of the molecule is [Cl][51Cr]([Cl])[Cl]. The third kappa shape index (κ3) is 9.98. The van der Waals surface area contributed by atoms with Crippen LogP contribution < -0.4 is 0 Å². The first kappa shape index (κ1) is 5.40. The Hall–Kier alpha value is 1.40. The summed E-state index contributed by atoms with van der Waals surface area (Å²) in [7, 11) is 14.8. The summed E-state index contributed by atoms with van der Waals surface area (Å²) in [4.78, 5) is 0. The van der Waals surface area contributed by atoms with Gasteiger partial charge in [0.05, 0.1) is 0 Å². The Morgan fingerprint density at radius 1 is 1.00 bits per heavy atom. The van der Waals surface area contributed by atoms with Crippen LogP contribution in [0.1, 0.15) is 0 Å². The van der Waals surface area contributed by atoms with Gasteiger partial charge < -0.3 is 0 Å². The third-order valence-corrected chi connectivity index (χ3v) is 0. The molecular formula is Cl3Cr. The van der Waals surface area contributed by atoms with Crippen LogP contribution in [0.4, 0.5) is 0 Å². The average Bonchev–Trinajstić information content (AvgIpc) is 0.811. The van der Waals surface area contributed by atoms with Crippen molar-refractivity contribution < 1.29 is 11.4 Å². The van der Waals surface area contributed by atoms with E-state index in [1.165, 1.54) is 0 Å². The van der Waals surface area contributed by atoms with Crippen LogP contribution in [0.2, 0.25) is 0 Å². The zero-order chi connectivity index (χ0) is 3.58. The maximum absolute atomic E-state index is 4.93. The van der Waals surface area contributed by atoms with Crippen molar-refractivity contribution in [1.82, 2.24) is 0 Å². The van der Waals surface area contributed by atoms with Crippen molar-refractivity contribution in [3.8, 4) is 0 Å². The molecule has 0 aromatic heterocycles. The fourth-order valence-electron chi connectivity index (χ4n) is 0. The molecule has 0 nitrogen and oxygen atoms in total. The molecule has 0 unspecified atom stereocenters. The minimum absolute atomic E-state index is 1.62. The Bertz CT molecular complexity index is 8.00. The molecule has 27 valence electrons. The monoisotopic (exact) mass is 156 g/mol. The Morgan fingerprint density at radius 3 is 1.00 bits per heavy atom. The summed E-state index contributed by atoms with van der Waals surface area (Å²) >= 11 is -1.62. The first-order chi connectivity index (χ1) is 1.73. The van der Waals surface area contributed by atoms with E-state index >= 15 is 0 Å². The topological polar surface area (TPSA) is 0 Å². The Balaban J connectivity index is 2.32. The Kier molecular flexibility index (Phi) is 3.55. The van der Waals surface area contributed by atoms with Crippen LogP contribution in [0.25, 0.3) is 0 Å². The average molecular weight is 157 g/mol. The molecule has 0 heterocycles. The van der Waals surface area contributed by atoms with Crippen molar-refractivity contribution in [2.24, 2.45) is 0 Å². The zero-order valence-corrected chi connectivity index (χ0v) is 5.08.